The van der Waals surface area contributed by atoms with E-state index in [9.17, 15) is 9.18 Å². The number of halogens is 3. The quantitative estimate of drug-likeness (QED) is 0.826. The number of carbonyl (C=O) groups excluding carboxylic acids is 1. The zero-order chi connectivity index (χ0) is 13.1. The van der Waals surface area contributed by atoms with Gasteiger partial charge in [0, 0.05) is 19.2 Å². The van der Waals surface area contributed by atoms with Gasteiger partial charge in [-0.2, -0.15) is 0 Å². The highest BCUT2D eigenvalue weighted by Crippen LogP contribution is 2.20. The average molecular weight is 393 g/mol. The van der Waals surface area contributed by atoms with Gasteiger partial charge >= 0.3 is 0 Å². The van der Waals surface area contributed by atoms with E-state index in [4.69, 9.17) is 0 Å². The Balaban J connectivity index is 2.03. The predicted octanol–water partition coefficient (Wildman–Crippen LogP) is 4.34. The van der Waals surface area contributed by atoms with Crippen LogP contribution in [0.25, 0.3) is 0 Å². The molecule has 1 aromatic heterocycles. The zero-order valence-corrected chi connectivity index (χ0v) is 13.0. The predicted molar refractivity (Wildman–Crippen MR) is 77.3 cm³/mol. The van der Waals surface area contributed by atoms with Crippen molar-refractivity contribution >= 4 is 49.1 Å². The third-order valence-electron chi connectivity index (χ3n) is 2.22. The third kappa shape index (κ3) is 3.40. The maximum absolute atomic E-state index is 12.9. The molecule has 2 aromatic rings. The van der Waals surface area contributed by atoms with Crippen LogP contribution in [0, 0.1) is 5.82 Å². The van der Waals surface area contributed by atoms with E-state index in [1.54, 1.807) is 11.3 Å². The van der Waals surface area contributed by atoms with Gasteiger partial charge in [-0.15, -0.1) is 11.3 Å². The van der Waals surface area contributed by atoms with Crippen LogP contribution < -0.4 is 5.32 Å². The van der Waals surface area contributed by atoms with Crippen LogP contribution in [0.5, 0.6) is 0 Å². The van der Waals surface area contributed by atoms with Crippen molar-refractivity contribution in [1.82, 2.24) is 5.32 Å². The molecular weight excluding hydrogens is 385 g/mol. The number of nitrogens with one attached hydrogen (secondary N) is 1. The van der Waals surface area contributed by atoms with Crippen molar-refractivity contribution in [3.05, 3.63) is 54.8 Å². The van der Waals surface area contributed by atoms with Gasteiger partial charge in [0.25, 0.3) is 5.91 Å². The molecule has 0 atom stereocenters. The van der Waals surface area contributed by atoms with E-state index in [2.05, 4.69) is 37.2 Å². The number of carbonyl (C=O) groups is 1. The van der Waals surface area contributed by atoms with Gasteiger partial charge in [0.2, 0.25) is 0 Å². The molecule has 1 amide bonds. The van der Waals surface area contributed by atoms with Crippen LogP contribution in [0.15, 0.2) is 38.6 Å². The van der Waals surface area contributed by atoms with Crippen molar-refractivity contribution in [2.24, 2.45) is 0 Å². The van der Waals surface area contributed by atoms with Crippen molar-refractivity contribution < 1.29 is 9.18 Å². The molecule has 0 aliphatic carbocycles. The molecule has 0 saturated carbocycles. The van der Waals surface area contributed by atoms with E-state index < -0.39 is 0 Å². The van der Waals surface area contributed by atoms with E-state index >= 15 is 0 Å². The van der Waals surface area contributed by atoms with Gasteiger partial charge in [0.15, 0.2) is 0 Å². The fourth-order valence-electron chi connectivity index (χ4n) is 1.38. The van der Waals surface area contributed by atoms with E-state index in [-0.39, 0.29) is 11.7 Å². The standard InChI is InChI=1S/C12H8Br2FNOS/c13-7-3-9(18-6-7)5-16-12(17)10-2-1-8(15)4-11(10)14/h1-4,6H,5H2,(H,16,17). The summed E-state index contributed by atoms with van der Waals surface area (Å²) in [5.74, 6) is -0.605. The Morgan fingerprint density at radius 1 is 1.33 bits per heavy atom. The third-order valence-corrected chi connectivity index (χ3v) is 4.57. The molecule has 0 fully saturated rings. The van der Waals surface area contributed by atoms with Crippen LogP contribution in [-0.4, -0.2) is 5.91 Å². The Hall–Kier alpha value is -0.720. The van der Waals surface area contributed by atoms with Crippen LogP contribution in [0.4, 0.5) is 4.39 Å². The lowest BCUT2D eigenvalue weighted by atomic mass is 10.2. The molecular formula is C12H8Br2FNOS. The van der Waals surface area contributed by atoms with E-state index in [0.717, 1.165) is 9.35 Å². The maximum Gasteiger partial charge on any atom is 0.252 e. The molecule has 0 aliphatic rings. The number of amides is 1. The summed E-state index contributed by atoms with van der Waals surface area (Å²) < 4.78 is 14.4. The van der Waals surface area contributed by atoms with Crippen molar-refractivity contribution in [2.45, 2.75) is 6.54 Å². The first kappa shape index (κ1) is 13.7. The van der Waals surface area contributed by atoms with Crippen LogP contribution in [0.2, 0.25) is 0 Å². The van der Waals surface area contributed by atoms with Crippen molar-refractivity contribution in [3.8, 4) is 0 Å². The first-order valence-electron chi connectivity index (χ1n) is 5.02. The smallest absolute Gasteiger partial charge is 0.252 e. The number of rotatable bonds is 3. The van der Waals surface area contributed by atoms with Gasteiger partial charge in [0.05, 0.1) is 12.1 Å². The summed E-state index contributed by atoms with van der Waals surface area (Å²) in [5, 5.41) is 4.74. The SMILES string of the molecule is O=C(NCc1cc(Br)cs1)c1ccc(F)cc1Br. The molecule has 0 radical (unpaired) electrons. The van der Waals surface area contributed by atoms with E-state index in [1.807, 2.05) is 11.4 Å². The molecule has 6 heteroatoms. The first-order chi connectivity index (χ1) is 8.56. The van der Waals surface area contributed by atoms with Crippen LogP contribution >= 0.6 is 43.2 Å². The van der Waals surface area contributed by atoms with E-state index in [1.165, 1.54) is 18.2 Å². The van der Waals surface area contributed by atoms with Gasteiger partial charge < -0.3 is 5.32 Å². The largest absolute Gasteiger partial charge is 0.347 e. The van der Waals surface area contributed by atoms with Gasteiger partial charge in [-0.05, 0) is 56.1 Å². The van der Waals surface area contributed by atoms with Crippen LogP contribution in [0.3, 0.4) is 0 Å². The van der Waals surface area contributed by atoms with Gasteiger partial charge in [0.1, 0.15) is 5.82 Å². The molecule has 94 valence electrons. The lowest BCUT2D eigenvalue weighted by Crippen LogP contribution is -2.22. The minimum absolute atomic E-state index is 0.230. The monoisotopic (exact) mass is 391 g/mol. The summed E-state index contributed by atoms with van der Waals surface area (Å²) in [4.78, 5) is 12.9. The van der Waals surface area contributed by atoms with Gasteiger partial charge in [-0.3, -0.25) is 4.79 Å². The molecule has 0 saturated heterocycles. The topological polar surface area (TPSA) is 29.1 Å². The summed E-state index contributed by atoms with van der Waals surface area (Å²) in [6.45, 7) is 0.457. The second kappa shape index (κ2) is 5.95. The molecule has 1 N–H and O–H groups in total. The molecule has 0 bridgehead atoms. The summed E-state index contributed by atoms with van der Waals surface area (Å²) in [7, 11) is 0. The molecule has 1 heterocycles. The number of hydrogen-bond donors (Lipinski definition) is 1. The minimum Gasteiger partial charge on any atom is -0.347 e. The second-order valence-electron chi connectivity index (χ2n) is 3.54. The molecule has 0 aliphatic heterocycles. The molecule has 0 unspecified atom stereocenters. The number of hydrogen-bond acceptors (Lipinski definition) is 2. The molecule has 2 rings (SSSR count). The number of benzene rings is 1. The number of thiophene rings is 1. The first-order valence-corrected chi connectivity index (χ1v) is 7.49. The van der Waals surface area contributed by atoms with Crippen LogP contribution in [0.1, 0.15) is 15.2 Å². The zero-order valence-electron chi connectivity index (χ0n) is 9.04. The fourth-order valence-corrected chi connectivity index (χ4v) is 3.30. The Bertz CT molecular complexity index is 585. The second-order valence-corrected chi connectivity index (χ2v) is 6.30. The van der Waals surface area contributed by atoms with Gasteiger partial charge in [-0.1, -0.05) is 0 Å². The van der Waals surface area contributed by atoms with E-state index in [0.29, 0.717) is 16.6 Å². The summed E-state index contributed by atoms with van der Waals surface area (Å²) >= 11 is 8.08. The average Bonchev–Trinajstić information content (AvgIpc) is 2.72. The summed E-state index contributed by atoms with van der Waals surface area (Å²) in [6.07, 6.45) is 0. The molecule has 2 nitrogen and oxygen atoms in total. The Morgan fingerprint density at radius 3 is 2.72 bits per heavy atom. The van der Waals surface area contributed by atoms with Crippen molar-refractivity contribution in [3.63, 3.8) is 0 Å². The molecule has 18 heavy (non-hydrogen) atoms. The van der Waals surface area contributed by atoms with Crippen molar-refractivity contribution in [1.29, 1.82) is 0 Å². The summed E-state index contributed by atoms with van der Waals surface area (Å²) in [6, 6.07) is 5.95. The highest BCUT2D eigenvalue weighted by molar-refractivity contribution is 9.10. The molecule has 1 aromatic carbocycles. The Labute approximate surface area is 124 Å². The van der Waals surface area contributed by atoms with Crippen molar-refractivity contribution in [2.75, 3.05) is 0 Å². The maximum atomic E-state index is 12.9. The highest BCUT2D eigenvalue weighted by atomic mass is 79.9. The van der Waals surface area contributed by atoms with Crippen LogP contribution in [-0.2, 0) is 6.54 Å². The Kier molecular flexibility index (Phi) is 4.53. The lowest BCUT2D eigenvalue weighted by Gasteiger charge is -2.05. The Morgan fingerprint density at radius 2 is 2.11 bits per heavy atom. The van der Waals surface area contributed by atoms with Gasteiger partial charge in [-0.25, -0.2) is 4.39 Å². The minimum atomic E-state index is -0.374. The lowest BCUT2D eigenvalue weighted by molar-refractivity contribution is 0.0950. The normalized spacial score (nSPS) is 10.4. The highest BCUT2D eigenvalue weighted by Gasteiger charge is 2.10. The molecule has 0 spiro atoms. The summed E-state index contributed by atoms with van der Waals surface area (Å²) in [5.41, 5.74) is 0.423. The fraction of sp³-hybridized carbons (Fsp3) is 0.0833.